The van der Waals surface area contributed by atoms with E-state index in [-0.39, 0.29) is 0 Å². The summed E-state index contributed by atoms with van der Waals surface area (Å²) in [6.07, 6.45) is 1.80. The molecule has 0 amide bonds. The maximum Gasteiger partial charge on any atom is 0.0910 e. The lowest BCUT2D eigenvalue weighted by molar-refractivity contribution is 0.552. The summed E-state index contributed by atoms with van der Waals surface area (Å²) in [5.41, 5.74) is 2.85. The molecule has 0 spiro atoms. The van der Waals surface area contributed by atoms with Crippen molar-refractivity contribution in [2.24, 2.45) is 4.99 Å². The van der Waals surface area contributed by atoms with Crippen LogP contribution in [0.4, 0.5) is 5.69 Å². The van der Waals surface area contributed by atoms with Crippen LogP contribution in [0.15, 0.2) is 55.7 Å². The average Bonchev–Trinajstić information content (AvgIpc) is 2.54. The van der Waals surface area contributed by atoms with Crippen molar-refractivity contribution in [1.29, 1.82) is 0 Å². The third kappa shape index (κ3) is 4.30. The molecule has 0 N–H and O–H groups in total. The topological polar surface area (TPSA) is 32.7 Å². The SMILES string of the molecule is CCN(C)C=Nc1cc(C)c(S(=O)c2ccccc2C)cc1Br. The molecule has 0 saturated heterocycles. The molecule has 2 aromatic carbocycles. The Morgan fingerprint density at radius 3 is 2.52 bits per heavy atom. The molecular weight excluding hydrogens is 372 g/mol. The van der Waals surface area contributed by atoms with Gasteiger partial charge in [0.2, 0.25) is 0 Å². The molecule has 0 fully saturated rings. The maximum atomic E-state index is 12.9. The predicted molar refractivity (Wildman–Crippen MR) is 101 cm³/mol. The highest BCUT2D eigenvalue weighted by atomic mass is 79.9. The first-order chi connectivity index (χ1) is 10.9. The van der Waals surface area contributed by atoms with Crippen LogP contribution in [-0.2, 0) is 10.8 Å². The summed E-state index contributed by atoms with van der Waals surface area (Å²) in [4.78, 5) is 8.15. The van der Waals surface area contributed by atoms with Crippen molar-refractivity contribution in [2.75, 3.05) is 13.6 Å². The van der Waals surface area contributed by atoms with Crippen molar-refractivity contribution in [3.05, 3.63) is 52.0 Å². The van der Waals surface area contributed by atoms with Crippen LogP contribution < -0.4 is 0 Å². The molecule has 0 aliphatic carbocycles. The van der Waals surface area contributed by atoms with Crippen LogP contribution in [0.1, 0.15) is 18.1 Å². The summed E-state index contributed by atoms with van der Waals surface area (Å²) in [5, 5.41) is 0. The molecule has 0 bridgehead atoms. The van der Waals surface area contributed by atoms with E-state index in [1.807, 2.05) is 62.2 Å². The minimum Gasteiger partial charge on any atom is -0.366 e. The van der Waals surface area contributed by atoms with Crippen LogP contribution in [0.3, 0.4) is 0 Å². The summed E-state index contributed by atoms with van der Waals surface area (Å²) in [5.74, 6) is 0. The van der Waals surface area contributed by atoms with E-state index in [0.717, 1.165) is 37.6 Å². The molecule has 2 rings (SSSR count). The highest BCUT2D eigenvalue weighted by Crippen LogP contribution is 2.32. The Kier molecular flexibility index (Phi) is 6.13. The van der Waals surface area contributed by atoms with Crippen molar-refractivity contribution >= 4 is 38.8 Å². The number of hydrogen-bond donors (Lipinski definition) is 0. The van der Waals surface area contributed by atoms with Crippen molar-refractivity contribution in [2.45, 2.75) is 30.6 Å². The minimum absolute atomic E-state index is 0.814. The molecular formula is C18H21BrN2OS. The molecule has 3 nitrogen and oxygen atoms in total. The van der Waals surface area contributed by atoms with E-state index in [1.165, 1.54) is 0 Å². The first-order valence-electron chi connectivity index (χ1n) is 7.46. The number of rotatable bonds is 5. The van der Waals surface area contributed by atoms with Gasteiger partial charge in [-0.1, -0.05) is 18.2 Å². The van der Waals surface area contributed by atoms with E-state index in [9.17, 15) is 4.21 Å². The molecule has 0 aliphatic heterocycles. The third-order valence-electron chi connectivity index (χ3n) is 3.63. The zero-order chi connectivity index (χ0) is 17.0. The van der Waals surface area contributed by atoms with Crippen molar-refractivity contribution in [3.8, 4) is 0 Å². The van der Waals surface area contributed by atoms with Gasteiger partial charge in [0, 0.05) is 27.9 Å². The molecule has 122 valence electrons. The fraction of sp³-hybridized carbons (Fsp3) is 0.278. The fourth-order valence-corrected chi connectivity index (χ4v) is 4.05. The summed E-state index contributed by atoms with van der Waals surface area (Å²) >= 11 is 3.55. The molecule has 1 unspecified atom stereocenters. The van der Waals surface area contributed by atoms with Gasteiger partial charge in [0.25, 0.3) is 0 Å². The number of aliphatic imine (C=N–C) groups is 1. The summed E-state index contributed by atoms with van der Waals surface area (Å²) in [6.45, 7) is 6.92. The zero-order valence-electron chi connectivity index (χ0n) is 13.8. The van der Waals surface area contributed by atoms with Crippen LogP contribution >= 0.6 is 15.9 Å². The Labute approximate surface area is 149 Å². The first-order valence-corrected chi connectivity index (χ1v) is 9.40. The molecule has 0 aromatic heterocycles. The van der Waals surface area contributed by atoms with Gasteiger partial charge in [0.05, 0.1) is 22.8 Å². The second-order valence-corrected chi connectivity index (χ2v) is 7.69. The normalized spacial score (nSPS) is 12.6. The summed E-state index contributed by atoms with van der Waals surface area (Å²) < 4.78 is 13.8. The minimum atomic E-state index is -1.20. The zero-order valence-corrected chi connectivity index (χ0v) is 16.2. The van der Waals surface area contributed by atoms with Gasteiger partial charge >= 0.3 is 0 Å². The molecule has 23 heavy (non-hydrogen) atoms. The standard InChI is InChI=1S/C18H21BrN2OS/c1-5-21(4)12-20-16-10-14(3)18(11-15(16)19)23(22)17-9-7-6-8-13(17)2/h6-12H,5H2,1-4H3. The van der Waals surface area contributed by atoms with Gasteiger partial charge in [0.1, 0.15) is 0 Å². The fourth-order valence-electron chi connectivity index (χ4n) is 2.07. The monoisotopic (exact) mass is 392 g/mol. The van der Waals surface area contributed by atoms with E-state index in [1.54, 1.807) is 6.34 Å². The molecule has 0 aliphatic rings. The van der Waals surface area contributed by atoms with Gasteiger partial charge in [0.15, 0.2) is 0 Å². The number of hydrogen-bond acceptors (Lipinski definition) is 2. The van der Waals surface area contributed by atoms with E-state index < -0.39 is 10.8 Å². The van der Waals surface area contributed by atoms with Crippen molar-refractivity contribution in [1.82, 2.24) is 4.90 Å². The largest absolute Gasteiger partial charge is 0.366 e. The van der Waals surface area contributed by atoms with Gasteiger partial charge in [-0.3, -0.25) is 0 Å². The van der Waals surface area contributed by atoms with Crippen LogP contribution in [0.5, 0.6) is 0 Å². The first kappa shape index (κ1) is 17.9. The van der Waals surface area contributed by atoms with Gasteiger partial charge in [-0.25, -0.2) is 9.20 Å². The highest BCUT2D eigenvalue weighted by molar-refractivity contribution is 9.10. The van der Waals surface area contributed by atoms with E-state index in [2.05, 4.69) is 27.8 Å². The van der Waals surface area contributed by atoms with Crippen molar-refractivity contribution < 1.29 is 4.21 Å². The lowest BCUT2D eigenvalue weighted by atomic mass is 10.2. The molecule has 0 radical (unpaired) electrons. The third-order valence-corrected chi connectivity index (χ3v) is 5.96. The second-order valence-electron chi connectivity index (χ2n) is 5.42. The van der Waals surface area contributed by atoms with Crippen LogP contribution in [0, 0.1) is 13.8 Å². The van der Waals surface area contributed by atoms with E-state index in [4.69, 9.17) is 0 Å². The molecule has 1 atom stereocenters. The molecule has 2 aromatic rings. The lowest BCUT2D eigenvalue weighted by Crippen LogP contribution is -2.14. The summed E-state index contributed by atoms with van der Waals surface area (Å²) in [7, 11) is 0.783. The van der Waals surface area contributed by atoms with Gasteiger partial charge in [-0.2, -0.15) is 0 Å². The van der Waals surface area contributed by atoms with Gasteiger partial charge < -0.3 is 4.90 Å². The Morgan fingerprint density at radius 1 is 1.17 bits per heavy atom. The van der Waals surface area contributed by atoms with Crippen LogP contribution in [-0.4, -0.2) is 29.0 Å². The number of aryl methyl sites for hydroxylation is 2. The second kappa shape index (κ2) is 7.88. The smallest absolute Gasteiger partial charge is 0.0910 e. The lowest BCUT2D eigenvalue weighted by Gasteiger charge is -2.12. The summed E-state index contributed by atoms with van der Waals surface area (Å²) in [6, 6.07) is 11.7. The molecule has 0 heterocycles. The highest BCUT2D eigenvalue weighted by Gasteiger charge is 2.14. The predicted octanol–water partition coefficient (Wildman–Crippen LogP) is 4.84. The number of benzene rings is 2. The van der Waals surface area contributed by atoms with Gasteiger partial charge in [-0.15, -0.1) is 0 Å². The van der Waals surface area contributed by atoms with Crippen molar-refractivity contribution in [3.63, 3.8) is 0 Å². The Hall–Kier alpha value is -1.46. The number of halogens is 1. The quantitative estimate of drug-likeness (QED) is 0.538. The molecule has 0 saturated carbocycles. The number of nitrogens with zero attached hydrogens (tertiary/aromatic N) is 2. The Balaban J connectivity index is 2.39. The van der Waals surface area contributed by atoms with Crippen LogP contribution in [0.2, 0.25) is 0 Å². The Bertz CT molecular complexity index is 759. The maximum absolute atomic E-state index is 12.9. The Morgan fingerprint density at radius 2 is 1.87 bits per heavy atom. The molecule has 5 heteroatoms. The van der Waals surface area contributed by atoms with E-state index >= 15 is 0 Å². The van der Waals surface area contributed by atoms with Gasteiger partial charge in [-0.05, 0) is 66.0 Å². The van der Waals surface area contributed by atoms with Crippen LogP contribution in [0.25, 0.3) is 0 Å². The van der Waals surface area contributed by atoms with E-state index in [0.29, 0.717) is 0 Å². The average molecular weight is 393 g/mol.